The van der Waals surface area contributed by atoms with Gasteiger partial charge in [0.15, 0.2) is 16.6 Å². The Hall–Kier alpha value is -1.79. The van der Waals surface area contributed by atoms with Gasteiger partial charge in [0.25, 0.3) is 0 Å². The number of ether oxygens (including phenoxy) is 2. The van der Waals surface area contributed by atoms with E-state index in [0.717, 1.165) is 49.4 Å². The van der Waals surface area contributed by atoms with E-state index in [-0.39, 0.29) is 0 Å². The van der Waals surface area contributed by atoms with Crippen LogP contribution in [0.3, 0.4) is 0 Å². The number of piperazine rings is 1. The fourth-order valence-electron chi connectivity index (χ4n) is 2.91. The summed E-state index contributed by atoms with van der Waals surface area (Å²) in [7, 11) is 0. The molecular weight excluding hydrogens is 298 g/mol. The molecule has 0 aliphatic carbocycles. The van der Waals surface area contributed by atoms with Crippen LogP contribution in [0.25, 0.3) is 0 Å². The second-order valence-corrected chi connectivity index (χ2v) is 6.43. The van der Waals surface area contributed by atoms with E-state index in [4.69, 9.17) is 9.47 Å². The Morgan fingerprint density at radius 2 is 1.86 bits per heavy atom. The minimum atomic E-state index is 0.642. The molecule has 2 aliphatic heterocycles. The molecule has 4 rings (SSSR count). The lowest BCUT2D eigenvalue weighted by Crippen LogP contribution is -2.45. The van der Waals surface area contributed by atoms with Gasteiger partial charge in [0.1, 0.15) is 13.2 Å². The van der Waals surface area contributed by atoms with E-state index < -0.39 is 0 Å². The molecular formula is C16H19N3O2S. The summed E-state index contributed by atoms with van der Waals surface area (Å²) in [6, 6.07) is 6.28. The minimum Gasteiger partial charge on any atom is -0.486 e. The van der Waals surface area contributed by atoms with E-state index in [1.54, 1.807) is 11.3 Å². The highest BCUT2D eigenvalue weighted by Crippen LogP contribution is 2.31. The average molecular weight is 317 g/mol. The van der Waals surface area contributed by atoms with Crippen LogP contribution in [0.5, 0.6) is 11.5 Å². The van der Waals surface area contributed by atoms with Crippen LogP contribution in [0.1, 0.15) is 5.56 Å². The zero-order valence-corrected chi connectivity index (χ0v) is 13.2. The van der Waals surface area contributed by atoms with Gasteiger partial charge in [-0.1, -0.05) is 6.07 Å². The first-order chi connectivity index (χ1) is 10.9. The van der Waals surface area contributed by atoms with Crippen LogP contribution in [-0.4, -0.2) is 49.3 Å². The number of nitrogens with zero attached hydrogens (tertiary/aromatic N) is 3. The Morgan fingerprint density at radius 3 is 2.64 bits per heavy atom. The molecule has 1 aromatic carbocycles. The number of anilines is 1. The van der Waals surface area contributed by atoms with Crippen LogP contribution >= 0.6 is 11.3 Å². The molecule has 22 heavy (non-hydrogen) atoms. The smallest absolute Gasteiger partial charge is 0.185 e. The summed E-state index contributed by atoms with van der Waals surface area (Å²) in [5.41, 5.74) is 1.28. The number of fused-ring (bicyclic) bond motifs is 1. The number of hydrogen-bond donors (Lipinski definition) is 0. The number of benzene rings is 1. The molecule has 1 aromatic heterocycles. The molecule has 0 unspecified atom stereocenters. The molecule has 0 spiro atoms. The number of rotatable bonds is 3. The van der Waals surface area contributed by atoms with Crippen molar-refractivity contribution in [1.82, 2.24) is 9.88 Å². The third-order valence-corrected chi connectivity index (χ3v) is 4.91. The van der Waals surface area contributed by atoms with E-state index in [9.17, 15) is 0 Å². The van der Waals surface area contributed by atoms with Crippen molar-refractivity contribution in [2.24, 2.45) is 0 Å². The molecule has 1 saturated heterocycles. The number of thiazole rings is 1. The van der Waals surface area contributed by atoms with Gasteiger partial charge >= 0.3 is 0 Å². The molecule has 6 heteroatoms. The van der Waals surface area contributed by atoms with Crippen molar-refractivity contribution in [1.29, 1.82) is 0 Å². The van der Waals surface area contributed by atoms with E-state index in [1.165, 1.54) is 5.56 Å². The number of aromatic nitrogens is 1. The maximum atomic E-state index is 5.66. The average Bonchev–Trinajstić information content (AvgIpc) is 3.10. The van der Waals surface area contributed by atoms with Gasteiger partial charge < -0.3 is 14.4 Å². The van der Waals surface area contributed by atoms with Crippen molar-refractivity contribution in [3.63, 3.8) is 0 Å². The Bertz CT molecular complexity index is 624. The predicted octanol–water partition coefficient (Wildman–Crippen LogP) is 2.24. The molecule has 0 saturated carbocycles. The Labute approximate surface area is 134 Å². The molecule has 2 aliphatic rings. The summed E-state index contributed by atoms with van der Waals surface area (Å²) in [4.78, 5) is 9.24. The summed E-state index contributed by atoms with van der Waals surface area (Å²) in [5.74, 6) is 1.74. The molecule has 0 amide bonds. The summed E-state index contributed by atoms with van der Waals surface area (Å²) >= 11 is 1.72. The zero-order chi connectivity index (χ0) is 14.8. The Morgan fingerprint density at radius 1 is 1.05 bits per heavy atom. The molecule has 0 atom stereocenters. The Kier molecular flexibility index (Phi) is 3.86. The SMILES string of the molecule is c1csc(N2CCN(Cc3ccc4c(c3)OCCO4)CC2)n1. The highest BCUT2D eigenvalue weighted by molar-refractivity contribution is 7.13. The van der Waals surface area contributed by atoms with Gasteiger partial charge in [-0.05, 0) is 17.7 Å². The fourth-order valence-corrected chi connectivity index (χ4v) is 3.61. The van der Waals surface area contributed by atoms with Gasteiger partial charge in [0.2, 0.25) is 0 Å². The Balaban J connectivity index is 1.36. The minimum absolute atomic E-state index is 0.642. The molecule has 0 bridgehead atoms. The van der Waals surface area contributed by atoms with E-state index in [2.05, 4.69) is 26.9 Å². The van der Waals surface area contributed by atoms with Gasteiger partial charge in [-0.15, -0.1) is 11.3 Å². The lowest BCUT2D eigenvalue weighted by Gasteiger charge is -2.34. The van der Waals surface area contributed by atoms with Gasteiger partial charge in [0.05, 0.1) is 0 Å². The highest BCUT2D eigenvalue weighted by Gasteiger charge is 2.19. The third kappa shape index (κ3) is 2.89. The standard InChI is InChI=1S/C16H19N3O2S/c1-2-14-15(21-9-8-20-14)11-13(1)12-18-4-6-19(7-5-18)16-17-3-10-22-16/h1-3,10-11H,4-9,12H2. The third-order valence-electron chi connectivity index (χ3n) is 4.07. The van der Waals surface area contributed by atoms with Crippen LogP contribution in [0, 0.1) is 0 Å². The summed E-state index contributed by atoms with van der Waals surface area (Å²) in [6.45, 7) is 6.45. The summed E-state index contributed by atoms with van der Waals surface area (Å²) < 4.78 is 11.2. The van der Waals surface area contributed by atoms with Gasteiger partial charge in [0, 0.05) is 44.3 Å². The number of hydrogen-bond acceptors (Lipinski definition) is 6. The van der Waals surface area contributed by atoms with Gasteiger partial charge in [-0.2, -0.15) is 0 Å². The fraction of sp³-hybridized carbons (Fsp3) is 0.438. The lowest BCUT2D eigenvalue weighted by molar-refractivity contribution is 0.171. The molecule has 3 heterocycles. The monoisotopic (exact) mass is 317 g/mol. The summed E-state index contributed by atoms with van der Waals surface area (Å²) in [5, 5.41) is 3.18. The molecule has 2 aromatic rings. The summed E-state index contributed by atoms with van der Waals surface area (Å²) in [6.07, 6.45) is 1.88. The van der Waals surface area contributed by atoms with Crippen molar-refractivity contribution in [3.8, 4) is 11.5 Å². The van der Waals surface area contributed by atoms with Crippen molar-refractivity contribution < 1.29 is 9.47 Å². The molecule has 1 fully saturated rings. The highest BCUT2D eigenvalue weighted by atomic mass is 32.1. The van der Waals surface area contributed by atoms with Crippen LogP contribution in [0.2, 0.25) is 0 Å². The second-order valence-electron chi connectivity index (χ2n) is 5.56. The first kappa shape index (κ1) is 13.8. The maximum absolute atomic E-state index is 5.66. The van der Waals surface area contributed by atoms with E-state index >= 15 is 0 Å². The second kappa shape index (κ2) is 6.14. The van der Waals surface area contributed by atoms with E-state index in [0.29, 0.717) is 13.2 Å². The van der Waals surface area contributed by atoms with Crippen LogP contribution < -0.4 is 14.4 Å². The largest absolute Gasteiger partial charge is 0.486 e. The normalized spacial score (nSPS) is 18.5. The predicted molar refractivity (Wildman–Crippen MR) is 87.0 cm³/mol. The molecule has 0 N–H and O–H groups in total. The quantitative estimate of drug-likeness (QED) is 0.868. The first-order valence-corrected chi connectivity index (χ1v) is 8.52. The van der Waals surface area contributed by atoms with Crippen LogP contribution in [0.4, 0.5) is 5.13 Å². The van der Waals surface area contributed by atoms with Crippen molar-refractivity contribution in [3.05, 3.63) is 35.3 Å². The van der Waals surface area contributed by atoms with Crippen molar-refractivity contribution in [2.75, 3.05) is 44.3 Å². The van der Waals surface area contributed by atoms with E-state index in [1.807, 2.05) is 17.6 Å². The van der Waals surface area contributed by atoms with Gasteiger partial charge in [-0.25, -0.2) is 4.98 Å². The van der Waals surface area contributed by atoms with Crippen molar-refractivity contribution in [2.45, 2.75) is 6.54 Å². The zero-order valence-electron chi connectivity index (χ0n) is 12.4. The van der Waals surface area contributed by atoms with Crippen LogP contribution in [-0.2, 0) is 6.54 Å². The molecule has 5 nitrogen and oxygen atoms in total. The van der Waals surface area contributed by atoms with Crippen LogP contribution in [0.15, 0.2) is 29.8 Å². The van der Waals surface area contributed by atoms with Gasteiger partial charge in [-0.3, -0.25) is 4.90 Å². The molecule has 0 radical (unpaired) electrons. The molecule has 116 valence electrons. The lowest BCUT2D eigenvalue weighted by atomic mass is 10.1. The topological polar surface area (TPSA) is 37.8 Å². The van der Waals surface area contributed by atoms with Crippen molar-refractivity contribution >= 4 is 16.5 Å². The first-order valence-electron chi connectivity index (χ1n) is 7.64. The maximum Gasteiger partial charge on any atom is 0.185 e.